The summed E-state index contributed by atoms with van der Waals surface area (Å²) >= 11 is 12.5. The van der Waals surface area contributed by atoms with Gasteiger partial charge in [0.05, 0.1) is 16.7 Å². The third kappa shape index (κ3) is 2.26. The van der Waals surface area contributed by atoms with Gasteiger partial charge in [-0.25, -0.2) is 0 Å². The van der Waals surface area contributed by atoms with Crippen molar-refractivity contribution in [3.63, 3.8) is 0 Å². The van der Waals surface area contributed by atoms with Crippen molar-refractivity contribution in [2.75, 3.05) is 6.61 Å². The van der Waals surface area contributed by atoms with Gasteiger partial charge in [0.25, 0.3) is 0 Å². The number of aryl methyl sites for hydroxylation is 1. The normalized spacial score (nSPS) is 10.9. The summed E-state index contributed by atoms with van der Waals surface area (Å²) in [6, 6.07) is 3.65. The van der Waals surface area contributed by atoms with E-state index in [1.807, 2.05) is 19.9 Å². The zero-order valence-electron chi connectivity index (χ0n) is 10.1. The van der Waals surface area contributed by atoms with Crippen molar-refractivity contribution in [2.45, 2.75) is 20.3 Å². The molecule has 0 bridgehead atoms. The minimum atomic E-state index is 0.0186. The second kappa shape index (κ2) is 5.31. The van der Waals surface area contributed by atoms with E-state index in [9.17, 15) is 0 Å². The van der Waals surface area contributed by atoms with Gasteiger partial charge < -0.3 is 9.63 Å². The molecule has 18 heavy (non-hydrogen) atoms. The Morgan fingerprint density at radius 3 is 2.67 bits per heavy atom. The summed E-state index contributed by atoms with van der Waals surface area (Å²) in [5.41, 5.74) is 3.11. The number of benzene rings is 1. The first-order chi connectivity index (χ1) is 8.56. The molecule has 0 spiro atoms. The summed E-state index contributed by atoms with van der Waals surface area (Å²) in [6.07, 6.45) is 0.430. The number of hydrogen-bond acceptors (Lipinski definition) is 3. The minimum Gasteiger partial charge on any atom is -0.396 e. The highest BCUT2D eigenvalue weighted by Gasteiger charge is 2.19. The number of hydrogen-bond donors (Lipinski definition) is 1. The largest absolute Gasteiger partial charge is 0.396 e. The molecule has 0 atom stereocenters. The highest BCUT2D eigenvalue weighted by Crippen LogP contribution is 2.38. The fraction of sp³-hybridized carbons (Fsp3) is 0.308. The van der Waals surface area contributed by atoms with E-state index in [0.29, 0.717) is 33.5 Å². The Hall–Kier alpha value is -1.03. The topological polar surface area (TPSA) is 46.3 Å². The number of rotatable bonds is 3. The molecule has 0 aliphatic heterocycles. The van der Waals surface area contributed by atoms with Crippen LogP contribution in [0.3, 0.4) is 0 Å². The van der Waals surface area contributed by atoms with Crippen LogP contribution in [0.1, 0.15) is 16.9 Å². The highest BCUT2D eigenvalue weighted by molar-refractivity contribution is 6.39. The fourth-order valence-electron chi connectivity index (χ4n) is 1.81. The molecular weight excluding hydrogens is 273 g/mol. The molecule has 1 aromatic heterocycles. The summed E-state index contributed by atoms with van der Waals surface area (Å²) in [6.45, 7) is 3.81. The molecule has 1 heterocycles. The third-order valence-corrected chi connectivity index (χ3v) is 3.68. The van der Waals surface area contributed by atoms with Crippen molar-refractivity contribution in [1.29, 1.82) is 0 Å². The van der Waals surface area contributed by atoms with E-state index in [-0.39, 0.29) is 6.61 Å². The lowest BCUT2D eigenvalue weighted by molar-refractivity contribution is 0.277. The quantitative estimate of drug-likeness (QED) is 0.933. The SMILES string of the molecule is Cc1ccc(Cl)c(-c2noc(CCO)c2C)c1Cl. The molecule has 0 amide bonds. The lowest BCUT2D eigenvalue weighted by Gasteiger charge is -2.07. The summed E-state index contributed by atoms with van der Waals surface area (Å²) in [5.74, 6) is 0.654. The van der Waals surface area contributed by atoms with Gasteiger partial charge in [0.1, 0.15) is 11.5 Å². The van der Waals surface area contributed by atoms with Crippen LogP contribution in [-0.2, 0) is 6.42 Å². The molecule has 0 saturated heterocycles. The molecule has 0 unspecified atom stereocenters. The maximum absolute atomic E-state index is 8.94. The molecule has 3 nitrogen and oxygen atoms in total. The van der Waals surface area contributed by atoms with Crippen LogP contribution in [0.4, 0.5) is 0 Å². The number of aliphatic hydroxyl groups excluding tert-OH is 1. The standard InChI is InChI=1S/C13H13Cl2NO2/c1-7-3-4-9(14)11(12(7)15)13-8(2)10(5-6-17)18-16-13/h3-4,17H,5-6H2,1-2H3. The smallest absolute Gasteiger partial charge is 0.142 e. The lowest BCUT2D eigenvalue weighted by atomic mass is 10.0. The van der Waals surface area contributed by atoms with Gasteiger partial charge in [-0.15, -0.1) is 0 Å². The van der Waals surface area contributed by atoms with Crippen molar-refractivity contribution < 1.29 is 9.63 Å². The second-order valence-corrected chi connectivity index (χ2v) is 4.89. The average molecular weight is 286 g/mol. The summed E-state index contributed by atoms with van der Waals surface area (Å²) in [4.78, 5) is 0. The monoisotopic (exact) mass is 285 g/mol. The predicted molar refractivity (Wildman–Crippen MR) is 72.2 cm³/mol. The van der Waals surface area contributed by atoms with Crippen LogP contribution in [0.25, 0.3) is 11.3 Å². The van der Waals surface area contributed by atoms with E-state index >= 15 is 0 Å². The molecule has 2 rings (SSSR count). The second-order valence-electron chi connectivity index (χ2n) is 4.11. The number of aliphatic hydroxyl groups is 1. The molecule has 0 aliphatic rings. The zero-order chi connectivity index (χ0) is 13.3. The van der Waals surface area contributed by atoms with Gasteiger partial charge in [-0.2, -0.15) is 0 Å². The molecule has 1 aromatic carbocycles. The highest BCUT2D eigenvalue weighted by atomic mass is 35.5. The molecule has 1 N–H and O–H groups in total. The first-order valence-corrected chi connectivity index (χ1v) is 6.32. The molecule has 5 heteroatoms. The Bertz CT molecular complexity index is 579. The van der Waals surface area contributed by atoms with Crippen LogP contribution in [0.5, 0.6) is 0 Å². The lowest BCUT2D eigenvalue weighted by Crippen LogP contribution is -1.91. The van der Waals surface area contributed by atoms with E-state index in [1.54, 1.807) is 6.07 Å². The van der Waals surface area contributed by atoms with Crippen LogP contribution in [0.15, 0.2) is 16.7 Å². The van der Waals surface area contributed by atoms with Gasteiger partial charge in [0.15, 0.2) is 0 Å². The number of nitrogens with zero attached hydrogens (tertiary/aromatic N) is 1. The molecule has 96 valence electrons. The predicted octanol–water partition coefficient (Wildman–Crippen LogP) is 3.80. The average Bonchev–Trinajstić information content (AvgIpc) is 2.68. The van der Waals surface area contributed by atoms with Crippen LogP contribution in [0.2, 0.25) is 10.0 Å². The summed E-state index contributed by atoms with van der Waals surface area (Å²) in [7, 11) is 0. The summed E-state index contributed by atoms with van der Waals surface area (Å²) in [5, 5.41) is 14.1. The molecule has 0 aliphatic carbocycles. The molecule has 0 radical (unpaired) electrons. The zero-order valence-corrected chi connectivity index (χ0v) is 11.6. The van der Waals surface area contributed by atoms with E-state index in [4.69, 9.17) is 32.8 Å². The minimum absolute atomic E-state index is 0.0186. The molecule has 0 fully saturated rings. The van der Waals surface area contributed by atoms with Crippen molar-refractivity contribution >= 4 is 23.2 Å². The Balaban J connectivity index is 2.59. The van der Waals surface area contributed by atoms with Gasteiger partial charge >= 0.3 is 0 Å². The van der Waals surface area contributed by atoms with Crippen molar-refractivity contribution in [2.24, 2.45) is 0 Å². The van der Waals surface area contributed by atoms with Crippen LogP contribution in [-0.4, -0.2) is 16.9 Å². The van der Waals surface area contributed by atoms with Crippen LogP contribution in [0, 0.1) is 13.8 Å². The Morgan fingerprint density at radius 2 is 2.00 bits per heavy atom. The van der Waals surface area contributed by atoms with Crippen molar-refractivity contribution in [3.05, 3.63) is 39.1 Å². The van der Waals surface area contributed by atoms with Crippen molar-refractivity contribution in [1.82, 2.24) is 5.16 Å². The molecule has 0 saturated carbocycles. The number of halogens is 2. The Labute approximate surface area is 115 Å². The Morgan fingerprint density at radius 1 is 1.28 bits per heavy atom. The van der Waals surface area contributed by atoms with Gasteiger partial charge in [0.2, 0.25) is 0 Å². The Kier molecular flexibility index (Phi) is 3.95. The molecular formula is C13H13Cl2NO2. The van der Waals surface area contributed by atoms with Gasteiger partial charge in [-0.1, -0.05) is 34.4 Å². The van der Waals surface area contributed by atoms with E-state index < -0.39 is 0 Å². The maximum Gasteiger partial charge on any atom is 0.142 e. The van der Waals surface area contributed by atoms with Gasteiger partial charge in [-0.05, 0) is 25.5 Å². The van der Waals surface area contributed by atoms with E-state index in [0.717, 1.165) is 11.1 Å². The van der Waals surface area contributed by atoms with E-state index in [2.05, 4.69) is 5.16 Å². The third-order valence-electron chi connectivity index (χ3n) is 2.88. The van der Waals surface area contributed by atoms with Crippen LogP contribution < -0.4 is 0 Å². The fourth-order valence-corrected chi connectivity index (χ4v) is 2.36. The summed E-state index contributed by atoms with van der Waals surface area (Å²) < 4.78 is 5.21. The maximum atomic E-state index is 8.94. The van der Waals surface area contributed by atoms with Gasteiger partial charge in [-0.3, -0.25) is 0 Å². The first-order valence-electron chi connectivity index (χ1n) is 5.57. The molecule has 2 aromatic rings. The van der Waals surface area contributed by atoms with Crippen molar-refractivity contribution in [3.8, 4) is 11.3 Å². The van der Waals surface area contributed by atoms with E-state index in [1.165, 1.54) is 0 Å². The number of aromatic nitrogens is 1. The van der Waals surface area contributed by atoms with Crippen LogP contribution >= 0.6 is 23.2 Å². The van der Waals surface area contributed by atoms with Gasteiger partial charge in [0, 0.05) is 17.5 Å². The first kappa shape index (κ1) is 13.4.